The van der Waals surface area contributed by atoms with Crippen molar-refractivity contribution in [3.63, 3.8) is 0 Å². The number of rotatable bonds is 4. The molecule has 0 aliphatic heterocycles. The summed E-state index contributed by atoms with van der Waals surface area (Å²) in [6.07, 6.45) is 0. The molecule has 1 N–H and O–H groups in total. The Morgan fingerprint density at radius 2 is 1.67 bits per heavy atom. The molecule has 5 heteroatoms. The highest BCUT2D eigenvalue weighted by molar-refractivity contribution is 6.29. The van der Waals surface area contributed by atoms with Crippen LogP contribution in [0.4, 0.5) is 0 Å². The molecule has 0 saturated carbocycles. The van der Waals surface area contributed by atoms with E-state index in [2.05, 4.69) is 35.9 Å². The zero-order valence-electron chi connectivity index (χ0n) is 12.8. The molecule has 1 aromatic carbocycles. The molecule has 0 amide bonds. The standard InChI is InChI=1S/C10H7ClN2O.C6H15N/c11-9-6-8(14)10(13-12-9)7-4-2-1-3-5-7;1-4-7(5-2)6-3/h1-6H,(H,12,14);4-6H2,1-3H3. The second kappa shape index (κ2) is 9.32. The zero-order valence-corrected chi connectivity index (χ0v) is 13.5. The lowest BCUT2D eigenvalue weighted by atomic mass is 10.1. The fraction of sp³-hybridized carbons (Fsp3) is 0.375. The van der Waals surface area contributed by atoms with E-state index in [9.17, 15) is 4.79 Å². The van der Waals surface area contributed by atoms with E-state index in [4.69, 9.17) is 11.6 Å². The molecule has 21 heavy (non-hydrogen) atoms. The summed E-state index contributed by atoms with van der Waals surface area (Å²) in [4.78, 5) is 13.8. The fourth-order valence-electron chi connectivity index (χ4n) is 1.85. The number of halogens is 1. The summed E-state index contributed by atoms with van der Waals surface area (Å²) in [5, 5.41) is 6.68. The monoisotopic (exact) mass is 307 g/mol. The predicted octanol–water partition coefficient (Wildman–Crippen LogP) is 3.44. The third-order valence-electron chi connectivity index (χ3n) is 3.15. The van der Waals surface area contributed by atoms with Gasteiger partial charge in [-0.25, -0.2) is 0 Å². The normalized spacial score (nSPS) is 10.1. The largest absolute Gasteiger partial charge is 0.304 e. The third-order valence-corrected chi connectivity index (χ3v) is 3.35. The van der Waals surface area contributed by atoms with Gasteiger partial charge in [0.25, 0.3) is 0 Å². The quantitative estimate of drug-likeness (QED) is 0.941. The highest BCUT2D eigenvalue weighted by Crippen LogP contribution is 2.11. The zero-order chi connectivity index (χ0) is 15.7. The van der Waals surface area contributed by atoms with Crippen molar-refractivity contribution >= 4 is 11.6 Å². The van der Waals surface area contributed by atoms with Crippen molar-refractivity contribution < 1.29 is 0 Å². The average molecular weight is 308 g/mol. The van der Waals surface area contributed by atoms with E-state index >= 15 is 0 Å². The summed E-state index contributed by atoms with van der Waals surface area (Å²) < 4.78 is 0. The predicted molar refractivity (Wildman–Crippen MR) is 88.8 cm³/mol. The van der Waals surface area contributed by atoms with Crippen LogP contribution < -0.4 is 5.43 Å². The maximum Gasteiger partial charge on any atom is 0.209 e. The Bertz CT molecular complexity index is 574. The molecule has 0 saturated heterocycles. The number of nitrogens with one attached hydrogen (secondary N) is 1. The van der Waals surface area contributed by atoms with Gasteiger partial charge in [0.15, 0.2) is 0 Å². The Balaban J connectivity index is 0.000000270. The van der Waals surface area contributed by atoms with Gasteiger partial charge >= 0.3 is 0 Å². The number of nitrogens with zero attached hydrogens (tertiary/aromatic N) is 2. The minimum absolute atomic E-state index is 0.181. The van der Waals surface area contributed by atoms with Crippen LogP contribution in [0.2, 0.25) is 5.15 Å². The number of aromatic amines is 1. The van der Waals surface area contributed by atoms with Gasteiger partial charge in [0.1, 0.15) is 10.8 Å². The first-order chi connectivity index (χ1) is 10.1. The maximum atomic E-state index is 11.5. The van der Waals surface area contributed by atoms with Gasteiger partial charge in [0.05, 0.1) is 0 Å². The van der Waals surface area contributed by atoms with Crippen molar-refractivity contribution in [3.8, 4) is 11.3 Å². The first-order valence-corrected chi connectivity index (χ1v) is 7.53. The summed E-state index contributed by atoms with van der Waals surface area (Å²) in [6, 6.07) is 10.6. The molecular weight excluding hydrogens is 286 g/mol. The smallest absolute Gasteiger partial charge is 0.209 e. The van der Waals surface area contributed by atoms with Gasteiger partial charge < -0.3 is 4.90 Å². The lowest BCUT2D eigenvalue weighted by molar-refractivity contribution is 0.321. The van der Waals surface area contributed by atoms with Crippen molar-refractivity contribution in [3.05, 3.63) is 51.8 Å². The van der Waals surface area contributed by atoms with Gasteiger partial charge in [-0.1, -0.05) is 62.7 Å². The molecule has 114 valence electrons. The molecular formula is C16H22ClN3O. The molecule has 4 nitrogen and oxygen atoms in total. The molecule has 0 aliphatic rings. The van der Waals surface area contributed by atoms with E-state index in [1.54, 1.807) is 0 Å². The molecule has 2 aromatic rings. The van der Waals surface area contributed by atoms with Crippen LogP contribution in [0.25, 0.3) is 11.3 Å². The fourth-order valence-corrected chi connectivity index (χ4v) is 2.00. The molecule has 0 aliphatic carbocycles. The number of benzene rings is 1. The minimum atomic E-state index is -0.181. The van der Waals surface area contributed by atoms with Crippen molar-refractivity contribution in [2.75, 3.05) is 19.6 Å². The Labute approximate surface area is 130 Å². The number of hydrogen-bond acceptors (Lipinski definition) is 3. The van der Waals surface area contributed by atoms with Gasteiger partial charge in [-0.3, -0.25) is 9.89 Å². The second-order valence-electron chi connectivity index (χ2n) is 4.41. The molecule has 1 heterocycles. The van der Waals surface area contributed by atoms with Crippen LogP contribution in [-0.4, -0.2) is 34.7 Å². The van der Waals surface area contributed by atoms with Crippen LogP contribution in [0.15, 0.2) is 41.2 Å². The SMILES string of the molecule is CCN(CC)CC.O=c1cc(Cl)[nH]nc1-c1ccccc1. The minimum Gasteiger partial charge on any atom is -0.304 e. The summed E-state index contributed by atoms with van der Waals surface area (Å²) in [7, 11) is 0. The van der Waals surface area contributed by atoms with Crippen molar-refractivity contribution in [2.45, 2.75) is 20.8 Å². The van der Waals surface area contributed by atoms with E-state index < -0.39 is 0 Å². The van der Waals surface area contributed by atoms with Crippen LogP contribution in [0.3, 0.4) is 0 Å². The van der Waals surface area contributed by atoms with Crippen LogP contribution in [0, 0.1) is 0 Å². The van der Waals surface area contributed by atoms with Crippen molar-refractivity contribution in [2.24, 2.45) is 0 Å². The Morgan fingerprint density at radius 3 is 2.10 bits per heavy atom. The Hall–Kier alpha value is -1.65. The topological polar surface area (TPSA) is 49.0 Å². The van der Waals surface area contributed by atoms with Crippen molar-refractivity contribution in [1.82, 2.24) is 15.1 Å². The second-order valence-corrected chi connectivity index (χ2v) is 4.82. The molecule has 0 bridgehead atoms. The van der Waals surface area contributed by atoms with Gasteiger partial charge in [-0.05, 0) is 19.6 Å². The average Bonchev–Trinajstić information content (AvgIpc) is 2.50. The molecule has 0 unspecified atom stereocenters. The van der Waals surface area contributed by atoms with Crippen LogP contribution in [0.1, 0.15) is 20.8 Å². The first kappa shape index (κ1) is 17.4. The van der Waals surface area contributed by atoms with E-state index in [0.717, 1.165) is 5.56 Å². The molecule has 0 spiro atoms. The van der Waals surface area contributed by atoms with Crippen molar-refractivity contribution in [1.29, 1.82) is 0 Å². The third kappa shape index (κ3) is 5.69. The lowest BCUT2D eigenvalue weighted by Crippen LogP contribution is -2.21. The maximum absolute atomic E-state index is 11.5. The molecule has 1 aromatic heterocycles. The number of hydrogen-bond donors (Lipinski definition) is 1. The van der Waals surface area contributed by atoms with Gasteiger partial charge in [0.2, 0.25) is 5.43 Å². The van der Waals surface area contributed by atoms with E-state index in [1.807, 2.05) is 30.3 Å². The highest BCUT2D eigenvalue weighted by Gasteiger charge is 2.03. The Kier molecular flexibility index (Phi) is 7.72. The van der Waals surface area contributed by atoms with E-state index in [1.165, 1.54) is 25.7 Å². The van der Waals surface area contributed by atoms with Gasteiger partial charge in [0, 0.05) is 11.6 Å². The molecule has 2 rings (SSSR count). The number of H-pyrrole nitrogens is 1. The molecule has 0 radical (unpaired) electrons. The summed E-state index contributed by atoms with van der Waals surface area (Å²) >= 11 is 5.59. The summed E-state index contributed by atoms with van der Waals surface area (Å²) in [5.41, 5.74) is 0.986. The number of aromatic nitrogens is 2. The van der Waals surface area contributed by atoms with E-state index in [-0.39, 0.29) is 10.6 Å². The lowest BCUT2D eigenvalue weighted by Gasteiger charge is -2.13. The van der Waals surface area contributed by atoms with E-state index in [0.29, 0.717) is 5.69 Å². The van der Waals surface area contributed by atoms with Gasteiger partial charge in [-0.2, -0.15) is 5.10 Å². The highest BCUT2D eigenvalue weighted by atomic mass is 35.5. The summed E-state index contributed by atoms with van der Waals surface area (Å²) in [5.74, 6) is 0. The van der Waals surface area contributed by atoms with Gasteiger partial charge in [-0.15, -0.1) is 0 Å². The van der Waals surface area contributed by atoms with Crippen LogP contribution >= 0.6 is 11.6 Å². The summed E-state index contributed by atoms with van der Waals surface area (Å²) in [6.45, 7) is 10.1. The molecule has 0 atom stereocenters. The van der Waals surface area contributed by atoms with Crippen LogP contribution in [-0.2, 0) is 0 Å². The first-order valence-electron chi connectivity index (χ1n) is 7.15. The molecule has 0 fully saturated rings. The van der Waals surface area contributed by atoms with Crippen LogP contribution in [0.5, 0.6) is 0 Å². The Morgan fingerprint density at radius 1 is 1.10 bits per heavy atom.